The molecule has 0 unspecified atom stereocenters. The molecule has 0 atom stereocenters. The fourth-order valence-electron chi connectivity index (χ4n) is 1.92. The predicted molar refractivity (Wildman–Crippen MR) is 76.1 cm³/mol. The summed E-state index contributed by atoms with van der Waals surface area (Å²) in [6, 6.07) is 12.2. The van der Waals surface area contributed by atoms with Gasteiger partial charge in [0.2, 0.25) is 0 Å². The van der Waals surface area contributed by atoms with E-state index < -0.39 is 0 Å². The normalized spacial score (nSPS) is 11.0. The number of hydrogen-bond donors (Lipinski definition) is 0. The molecule has 0 aliphatic carbocycles. The first kappa shape index (κ1) is 11.7. The van der Waals surface area contributed by atoms with Gasteiger partial charge in [0.05, 0.1) is 23.5 Å². The van der Waals surface area contributed by atoms with Gasteiger partial charge in [-0.1, -0.05) is 45.4 Å². The van der Waals surface area contributed by atoms with Crippen LogP contribution < -0.4 is 0 Å². The smallest absolute Gasteiger partial charge is 0.0979 e. The van der Waals surface area contributed by atoms with Crippen LogP contribution in [0, 0.1) is 0 Å². The molecule has 5 heteroatoms. The van der Waals surface area contributed by atoms with E-state index in [2.05, 4.69) is 38.4 Å². The van der Waals surface area contributed by atoms with Crippen LogP contribution in [0.1, 0.15) is 5.69 Å². The molecule has 0 radical (unpaired) electrons. The van der Waals surface area contributed by atoms with Crippen LogP contribution in [-0.4, -0.2) is 15.0 Å². The van der Waals surface area contributed by atoms with E-state index >= 15 is 0 Å². The van der Waals surface area contributed by atoms with Gasteiger partial charge in [0.1, 0.15) is 0 Å². The van der Waals surface area contributed by atoms with Crippen LogP contribution in [0.3, 0.4) is 0 Å². The number of rotatable bonds is 2. The van der Waals surface area contributed by atoms with Gasteiger partial charge in [0, 0.05) is 9.86 Å². The number of fused-ring (bicyclic) bond motifs is 1. The fraction of sp³-hybridized carbons (Fsp3) is 0.0769. The van der Waals surface area contributed by atoms with Crippen molar-refractivity contribution in [2.45, 2.75) is 5.88 Å². The Labute approximate surface area is 118 Å². The van der Waals surface area contributed by atoms with E-state index in [9.17, 15) is 0 Å². The Hall–Kier alpha value is -1.39. The molecule has 90 valence electrons. The van der Waals surface area contributed by atoms with Crippen molar-refractivity contribution in [1.29, 1.82) is 0 Å². The topological polar surface area (TPSA) is 30.7 Å². The maximum absolute atomic E-state index is 5.75. The first-order valence-electron chi connectivity index (χ1n) is 5.44. The van der Waals surface area contributed by atoms with Gasteiger partial charge in [-0.15, -0.1) is 16.7 Å². The Bertz CT molecular complexity index is 708. The highest BCUT2D eigenvalue weighted by Crippen LogP contribution is 2.28. The van der Waals surface area contributed by atoms with Gasteiger partial charge < -0.3 is 0 Å². The molecule has 0 fully saturated rings. The van der Waals surface area contributed by atoms with Crippen LogP contribution in [0.5, 0.6) is 0 Å². The molecule has 3 rings (SSSR count). The van der Waals surface area contributed by atoms with E-state index in [1.807, 2.05) is 30.5 Å². The molecule has 0 amide bonds. The molecule has 0 saturated heterocycles. The minimum Gasteiger partial charge on any atom is -0.220 e. The average molecular weight is 323 g/mol. The molecule has 0 aliphatic heterocycles. The summed E-state index contributed by atoms with van der Waals surface area (Å²) in [6.07, 6.45) is 1.85. The molecule has 1 heterocycles. The number of benzene rings is 2. The summed E-state index contributed by atoms with van der Waals surface area (Å²) in [4.78, 5) is 0. The van der Waals surface area contributed by atoms with E-state index in [-0.39, 0.29) is 0 Å². The van der Waals surface area contributed by atoms with Gasteiger partial charge in [0.15, 0.2) is 0 Å². The lowest BCUT2D eigenvalue weighted by atomic mass is 10.1. The zero-order valence-corrected chi connectivity index (χ0v) is 11.7. The lowest BCUT2D eigenvalue weighted by Gasteiger charge is -2.07. The molecule has 3 aromatic rings. The van der Waals surface area contributed by atoms with Gasteiger partial charge >= 0.3 is 0 Å². The van der Waals surface area contributed by atoms with Crippen molar-refractivity contribution >= 4 is 38.3 Å². The van der Waals surface area contributed by atoms with Crippen molar-refractivity contribution in [3.63, 3.8) is 0 Å². The number of halogens is 2. The van der Waals surface area contributed by atoms with Crippen molar-refractivity contribution in [1.82, 2.24) is 15.0 Å². The number of alkyl halides is 1. The van der Waals surface area contributed by atoms with E-state index in [1.54, 1.807) is 4.68 Å². The van der Waals surface area contributed by atoms with Crippen molar-refractivity contribution in [2.75, 3.05) is 0 Å². The summed E-state index contributed by atoms with van der Waals surface area (Å²) < 4.78 is 2.83. The third kappa shape index (κ3) is 1.91. The highest BCUT2D eigenvalue weighted by molar-refractivity contribution is 9.10. The minimum absolute atomic E-state index is 0.370. The van der Waals surface area contributed by atoms with Gasteiger partial charge in [-0.25, -0.2) is 4.68 Å². The quantitative estimate of drug-likeness (QED) is 0.669. The summed E-state index contributed by atoms with van der Waals surface area (Å²) in [6.45, 7) is 0. The van der Waals surface area contributed by atoms with Crippen molar-refractivity contribution < 1.29 is 0 Å². The zero-order valence-electron chi connectivity index (χ0n) is 9.35. The molecular weight excluding hydrogens is 314 g/mol. The Morgan fingerprint density at radius 3 is 2.61 bits per heavy atom. The molecule has 1 aromatic heterocycles. The third-order valence-corrected chi connectivity index (χ3v) is 3.74. The Balaban J connectivity index is 2.26. The maximum Gasteiger partial charge on any atom is 0.0979 e. The highest BCUT2D eigenvalue weighted by Gasteiger charge is 2.07. The van der Waals surface area contributed by atoms with Crippen LogP contribution in [0.2, 0.25) is 0 Å². The lowest BCUT2D eigenvalue weighted by molar-refractivity contribution is 0.805. The SMILES string of the molecule is ClCc1cn(-c2ccc(Br)c3ccccc23)nn1. The van der Waals surface area contributed by atoms with E-state index in [4.69, 9.17) is 11.6 Å². The first-order chi connectivity index (χ1) is 8.79. The lowest BCUT2D eigenvalue weighted by Crippen LogP contribution is -1.96. The number of hydrogen-bond acceptors (Lipinski definition) is 2. The molecule has 2 aromatic carbocycles. The second-order valence-corrected chi connectivity index (χ2v) is 5.02. The molecular formula is C13H9BrClN3. The number of nitrogens with zero attached hydrogens (tertiary/aromatic N) is 3. The third-order valence-electron chi connectivity index (χ3n) is 2.77. The fourth-order valence-corrected chi connectivity index (χ4v) is 2.52. The van der Waals surface area contributed by atoms with Crippen LogP contribution >= 0.6 is 27.5 Å². The monoisotopic (exact) mass is 321 g/mol. The molecule has 0 bridgehead atoms. The van der Waals surface area contributed by atoms with E-state index in [0.29, 0.717) is 5.88 Å². The van der Waals surface area contributed by atoms with Gasteiger partial charge in [-0.2, -0.15) is 0 Å². The summed E-state index contributed by atoms with van der Waals surface area (Å²) >= 11 is 9.30. The Morgan fingerprint density at radius 1 is 1.11 bits per heavy atom. The summed E-state index contributed by atoms with van der Waals surface area (Å²) in [5.74, 6) is 0.370. The predicted octanol–water partition coefficient (Wildman–Crippen LogP) is 3.92. The second kappa shape index (κ2) is 4.71. The van der Waals surface area contributed by atoms with Crippen molar-refractivity contribution in [3.05, 3.63) is 52.8 Å². The van der Waals surface area contributed by atoms with Gasteiger partial charge in [-0.3, -0.25) is 0 Å². The van der Waals surface area contributed by atoms with Crippen molar-refractivity contribution in [2.24, 2.45) is 0 Å². The summed E-state index contributed by atoms with van der Waals surface area (Å²) in [5, 5.41) is 10.4. The Morgan fingerprint density at radius 2 is 1.89 bits per heavy atom. The summed E-state index contributed by atoms with van der Waals surface area (Å²) in [5.41, 5.74) is 1.77. The van der Waals surface area contributed by atoms with Gasteiger partial charge in [0.25, 0.3) is 0 Å². The average Bonchev–Trinajstić information content (AvgIpc) is 2.88. The molecule has 0 spiro atoms. The highest BCUT2D eigenvalue weighted by atomic mass is 79.9. The van der Waals surface area contributed by atoms with Crippen LogP contribution in [0.15, 0.2) is 47.1 Å². The van der Waals surface area contributed by atoms with Crippen molar-refractivity contribution in [3.8, 4) is 5.69 Å². The van der Waals surface area contributed by atoms with Gasteiger partial charge in [-0.05, 0) is 17.5 Å². The molecule has 0 saturated carbocycles. The maximum atomic E-state index is 5.75. The minimum atomic E-state index is 0.370. The zero-order chi connectivity index (χ0) is 12.5. The molecule has 0 aliphatic rings. The van der Waals surface area contributed by atoms with Crippen LogP contribution in [0.4, 0.5) is 0 Å². The van der Waals surface area contributed by atoms with E-state index in [0.717, 1.165) is 26.6 Å². The van der Waals surface area contributed by atoms with E-state index in [1.165, 1.54) is 0 Å². The summed E-state index contributed by atoms with van der Waals surface area (Å²) in [7, 11) is 0. The van der Waals surface area contributed by atoms with Crippen LogP contribution in [-0.2, 0) is 5.88 Å². The second-order valence-electron chi connectivity index (χ2n) is 3.90. The molecule has 3 nitrogen and oxygen atoms in total. The first-order valence-corrected chi connectivity index (χ1v) is 6.77. The number of aromatic nitrogens is 3. The largest absolute Gasteiger partial charge is 0.220 e. The molecule has 0 N–H and O–H groups in total. The molecule has 18 heavy (non-hydrogen) atoms. The van der Waals surface area contributed by atoms with Crippen LogP contribution in [0.25, 0.3) is 16.5 Å². The Kier molecular flexibility index (Phi) is 3.06. The standard InChI is InChI=1S/C13H9BrClN3/c14-12-5-6-13(11-4-2-1-3-10(11)12)18-8-9(7-15)16-17-18/h1-6,8H,7H2.